The van der Waals surface area contributed by atoms with Crippen molar-refractivity contribution in [3.05, 3.63) is 35.4 Å². The standard InChI is InChI=1S/C11H14F2N2O/c1-7(11(16)14-2)15-6-8-3-4-9(12)5-10(8)13/h3-5,7,15H,6H2,1-2H3,(H,14,16). The zero-order valence-electron chi connectivity index (χ0n) is 9.18. The molecular formula is C11H14F2N2O. The molecule has 2 N–H and O–H groups in total. The fourth-order valence-corrected chi connectivity index (χ4v) is 1.24. The van der Waals surface area contributed by atoms with Gasteiger partial charge in [0.15, 0.2) is 0 Å². The topological polar surface area (TPSA) is 41.1 Å². The van der Waals surface area contributed by atoms with Crippen molar-refractivity contribution >= 4 is 5.91 Å². The van der Waals surface area contributed by atoms with Gasteiger partial charge in [-0.2, -0.15) is 0 Å². The Morgan fingerprint density at radius 2 is 2.12 bits per heavy atom. The Labute approximate surface area is 92.8 Å². The molecule has 3 nitrogen and oxygen atoms in total. The Morgan fingerprint density at radius 1 is 1.44 bits per heavy atom. The molecule has 1 atom stereocenters. The molecular weight excluding hydrogens is 214 g/mol. The third-order valence-electron chi connectivity index (χ3n) is 2.25. The van der Waals surface area contributed by atoms with Crippen LogP contribution >= 0.6 is 0 Å². The molecule has 0 heterocycles. The fourth-order valence-electron chi connectivity index (χ4n) is 1.24. The van der Waals surface area contributed by atoms with Crippen LogP contribution < -0.4 is 10.6 Å². The molecule has 0 aliphatic heterocycles. The molecule has 5 heteroatoms. The van der Waals surface area contributed by atoms with E-state index in [9.17, 15) is 13.6 Å². The van der Waals surface area contributed by atoms with Crippen LogP contribution in [0, 0.1) is 11.6 Å². The lowest BCUT2D eigenvalue weighted by atomic mass is 10.2. The Bertz CT molecular complexity index is 382. The lowest BCUT2D eigenvalue weighted by molar-refractivity contribution is -0.122. The van der Waals surface area contributed by atoms with Gasteiger partial charge in [-0.25, -0.2) is 8.78 Å². The highest BCUT2D eigenvalue weighted by Gasteiger charge is 2.11. The number of carbonyl (C=O) groups excluding carboxylic acids is 1. The predicted molar refractivity (Wildman–Crippen MR) is 56.7 cm³/mol. The summed E-state index contributed by atoms with van der Waals surface area (Å²) in [7, 11) is 1.53. The lowest BCUT2D eigenvalue weighted by Gasteiger charge is -2.12. The molecule has 0 spiro atoms. The van der Waals surface area contributed by atoms with E-state index in [1.807, 2.05) is 0 Å². The van der Waals surface area contributed by atoms with Gasteiger partial charge in [0.1, 0.15) is 11.6 Å². The molecule has 0 radical (unpaired) electrons. The summed E-state index contributed by atoms with van der Waals surface area (Å²) in [4.78, 5) is 11.1. The quantitative estimate of drug-likeness (QED) is 0.812. The summed E-state index contributed by atoms with van der Waals surface area (Å²) in [6.07, 6.45) is 0. The number of likely N-dealkylation sites (N-methyl/N-ethyl adjacent to an activating group) is 1. The van der Waals surface area contributed by atoms with Gasteiger partial charge in [0, 0.05) is 25.2 Å². The smallest absolute Gasteiger partial charge is 0.236 e. The highest BCUT2D eigenvalue weighted by Crippen LogP contribution is 2.09. The number of halogens is 2. The van der Waals surface area contributed by atoms with Gasteiger partial charge < -0.3 is 10.6 Å². The molecule has 16 heavy (non-hydrogen) atoms. The molecule has 0 aliphatic carbocycles. The van der Waals surface area contributed by atoms with E-state index in [-0.39, 0.29) is 12.5 Å². The largest absolute Gasteiger partial charge is 0.358 e. The first-order valence-electron chi connectivity index (χ1n) is 4.93. The minimum Gasteiger partial charge on any atom is -0.358 e. The molecule has 1 rings (SSSR count). The van der Waals surface area contributed by atoms with Crippen molar-refractivity contribution in [3.63, 3.8) is 0 Å². The molecule has 0 fully saturated rings. The van der Waals surface area contributed by atoms with E-state index in [4.69, 9.17) is 0 Å². The second-order valence-electron chi connectivity index (χ2n) is 3.45. The zero-order chi connectivity index (χ0) is 12.1. The van der Waals surface area contributed by atoms with Crippen LogP contribution in [-0.4, -0.2) is 19.0 Å². The minimum absolute atomic E-state index is 0.178. The number of hydrogen-bond acceptors (Lipinski definition) is 2. The first kappa shape index (κ1) is 12.6. The molecule has 0 saturated carbocycles. The summed E-state index contributed by atoms with van der Waals surface area (Å²) in [5, 5.41) is 5.30. The Hall–Kier alpha value is -1.49. The van der Waals surface area contributed by atoms with Crippen molar-refractivity contribution in [2.75, 3.05) is 7.05 Å². The summed E-state index contributed by atoms with van der Waals surface area (Å²) in [5.41, 5.74) is 0.331. The van der Waals surface area contributed by atoms with Gasteiger partial charge in [0.25, 0.3) is 0 Å². The van der Waals surface area contributed by atoms with Crippen LogP contribution in [0.1, 0.15) is 12.5 Å². The Kier molecular flexibility index (Phi) is 4.37. The van der Waals surface area contributed by atoms with Crippen molar-refractivity contribution in [2.45, 2.75) is 19.5 Å². The summed E-state index contributed by atoms with van der Waals surface area (Å²) >= 11 is 0. The predicted octanol–water partition coefficient (Wildman–Crippen LogP) is 1.19. The van der Waals surface area contributed by atoms with Crippen molar-refractivity contribution in [2.24, 2.45) is 0 Å². The molecule has 1 unspecified atom stereocenters. The van der Waals surface area contributed by atoms with E-state index in [1.54, 1.807) is 6.92 Å². The molecule has 1 aromatic rings. The summed E-state index contributed by atoms with van der Waals surface area (Å²) in [5.74, 6) is -1.40. The Morgan fingerprint density at radius 3 is 2.69 bits per heavy atom. The van der Waals surface area contributed by atoms with Gasteiger partial charge in [0.05, 0.1) is 6.04 Å². The number of amides is 1. The van der Waals surface area contributed by atoms with E-state index in [0.29, 0.717) is 5.56 Å². The van der Waals surface area contributed by atoms with Gasteiger partial charge in [-0.15, -0.1) is 0 Å². The van der Waals surface area contributed by atoms with Crippen molar-refractivity contribution in [3.8, 4) is 0 Å². The first-order valence-corrected chi connectivity index (χ1v) is 4.93. The van der Waals surface area contributed by atoms with Gasteiger partial charge in [-0.1, -0.05) is 6.07 Å². The minimum atomic E-state index is -0.614. The summed E-state index contributed by atoms with van der Waals surface area (Å²) in [6.45, 7) is 1.85. The van der Waals surface area contributed by atoms with Crippen molar-refractivity contribution in [1.82, 2.24) is 10.6 Å². The third kappa shape index (κ3) is 3.27. The molecule has 0 aromatic heterocycles. The van der Waals surface area contributed by atoms with Crippen LogP contribution in [0.5, 0.6) is 0 Å². The van der Waals surface area contributed by atoms with Crippen LogP contribution in [0.3, 0.4) is 0 Å². The van der Waals surface area contributed by atoms with E-state index in [1.165, 1.54) is 19.2 Å². The second kappa shape index (κ2) is 5.55. The molecule has 88 valence electrons. The average molecular weight is 228 g/mol. The first-order chi connectivity index (χ1) is 7.54. The molecule has 0 saturated heterocycles. The number of rotatable bonds is 4. The number of hydrogen-bond donors (Lipinski definition) is 2. The van der Waals surface area contributed by atoms with Gasteiger partial charge in [-0.05, 0) is 13.0 Å². The molecule has 0 aliphatic rings. The SMILES string of the molecule is CNC(=O)C(C)NCc1ccc(F)cc1F. The maximum atomic E-state index is 13.2. The van der Waals surface area contributed by atoms with Crippen LogP contribution in [0.15, 0.2) is 18.2 Å². The lowest BCUT2D eigenvalue weighted by Crippen LogP contribution is -2.40. The highest BCUT2D eigenvalue weighted by atomic mass is 19.1. The molecule has 1 aromatic carbocycles. The number of nitrogens with one attached hydrogen (secondary N) is 2. The maximum absolute atomic E-state index is 13.2. The third-order valence-corrected chi connectivity index (χ3v) is 2.25. The van der Waals surface area contributed by atoms with E-state index in [2.05, 4.69) is 10.6 Å². The van der Waals surface area contributed by atoms with Crippen LogP contribution in [0.4, 0.5) is 8.78 Å². The number of benzene rings is 1. The fraction of sp³-hybridized carbons (Fsp3) is 0.364. The molecule has 0 bridgehead atoms. The zero-order valence-corrected chi connectivity index (χ0v) is 9.18. The normalized spacial score (nSPS) is 12.2. The van der Waals surface area contributed by atoms with Gasteiger partial charge in [0.2, 0.25) is 5.91 Å². The summed E-state index contributed by atoms with van der Waals surface area (Å²) in [6, 6.07) is 2.94. The van der Waals surface area contributed by atoms with E-state index < -0.39 is 17.7 Å². The van der Waals surface area contributed by atoms with Crippen molar-refractivity contribution in [1.29, 1.82) is 0 Å². The highest BCUT2D eigenvalue weighted by molar-refractivity contribution is 5.80. The average Bonchev–Trinajstić information content (AvgIpc) is 2.26. The van der Waals surface area contributed by atoms with Crippen LogP contribution in [0.2, 0.25) is 0 Å². The van der Waals surface area contributed by atoms with E-state index in [0.717, 1.165) is 6.07 Å². The monoisotopic (exact) mass is 228 g/mol. The van der Waals surface area contributed by atoms with Gasteiger partial charge >= 0.3 is 0 Å². The number of carbonyl (C=O) groups is 1. The van der Waals surface area contributed by atoms with Crippen LogP contribution in [-0.2, 0) is 11.3 Å². The maximum Gasteiger partial charge on any atom is 0.236 e. The second-order valence-corrected chi connectivity index (χ2v) is 3.45. The van der Waals surface area contributed by atoms with E-state index >= 15 is 0 Å². The van der Waals surface area contributed by atoms with Crippen LogP contribution in [0.25, 0.3) is 0 Å². The molecule has 1 amide bonds. The summed E-state index contributed by atoms with van der Waals surface area (Å²) < 4.78 is 25.8. The van der Waals surface area contributed by atoms with Crippen molar-refractivity contribution < 1.29 is 13.6 Å². The Balaban J connectivity index is 2.58. The van der Waals surface area contributed by atoms with Gasteiger partial charge in [-0.3, -0.25) is 4.79 Å².